The fourth-order valence-electron chi connectivity index (χ4n) is 3.59. The van der Waals surface area contributed by atoms with Crippen LogP contribution in [0.15, 0.2) is 47.1 Å². The second kappa shape index (κ2) is 8.00. The number of rotatable bonds is 5. The van der Waals surface area contributed by atoms with Crippen LogP contribution >= 0.6 is 23.2 Å². The van der Waals surface area contributed by atoms with Crippen molar-refractivity contribution in [3.8, 4) is 5.75 Å². The molecule has 162 valence electrons. The number of hydrogen-bond donors (Lipinski definition) is 2. The molecule has 2 aromatic heterocycles. The first-order valence-corrected chi connectivity index (χ1v) is 10.7. The molecule has 1 aliphatic rings. The number of benzene rings is 2. The van der Waals surface area contributed by atoms with Gasteiger partial charge >= 0.3 is 0 Å². The van der Waals surface area contributed by atoms with Crippen molar-refractivity contribution in [2.24, 2.45) is 5.92 Å². The summed E-state index contributed by atoms with van der Waals surface area (Å²) in [7, 11) is 1.53. The smallest absolute Gasteiger partial charge is 0.256 e. The number of methoxy groups -OCH3 is 1. The molecule has 1 saturated carbocycles. The maximum atomic E-state index is 13.2. The van der Waals surface area contributed by atoms with Gasteiger partial charge in [-0.3, -0.25) is 14.6 Å². The molecule has 0 aliphatic heterocycles. The summed E-state index contributed by atoms with van der Waals surface area (Å²) in [6.45, 7) is 0. The molecular weight excluding hydrogens is 453 g/mol. The van der Waals surface area contributed by atoms with E-state index in [0.717, 1.165) is 12.8 Å². The van der Waals surface area contributed by atoms with Gasteiger partial charge in [0.2, 0.25) is 5.91 Å². The molecule has 7 nitrogen and oxygen atoms in total. The molecule has 5 rings (SSSR count). The van der Waals surface area contributed by atoms with Gasteiger partial charge in [0.15, 0.2) is 11.3 Å². The predicted octanol–water partition coefficient (Wildman–Crippen LogP) is 5.90. The third-order valence-corrected chi connectivity index (χ3v) is 5.93. The highest BCUT2D eigenvalue weighted by Crippen LogP contribution is 2.39. The van der Waals surface area contributed by atoms with E-state index in [9.17, 15) is 9.59 Å². The minimum atomic E-state index is -0.428. The Kier molecular flexibility index (Phi) is 5.15. The zero-order chi connectivity index (χ0) is 22.4. The Morgan fingerprint density at radius 3 is 2.53 bits per heavy atom. The van der Waals surface area contributed by atoms with E-state index in [1.807, 2.05) is 0 Å². The third kappa shape index (κ3) is 3.63. The SMILES string of the molecule is COc1ccc(C(=O)Nc2c(Cl)cncc2Cl)c2c1oc1ccc(NC(=O)C3CC3)cc12. The van der Waals surface area contributed by atoms with Gasteiger partial charge in [0, 0.05) is 34.8 Å². The fraction of sp³-hybridized carbons (Fsp3) is 0.174. The first-order valence-electron chi connectivity index (χ1n) is 9.90. The standard InChI is InChI=1S/C23H17Cl2N3O4/c1-31-18-7-5-13(23(30)28-20-15(24)9-26-10-16(20)25)19-14-8-12(27-22(29)11-2-3-11)4-6-17(14)32-21(18)19/h4-11H,2-3H2,1H3,(H,27,29)(H,26,28,30). The molecule has 0 atom stereocenters. The largest absolute Gasteiger partial charge is 0.493 e. The lowest BCUT2D eigenvalue weighted by molar-refractivity contribution is -0.117. The molecule has 2 heterocycles. The zero-order valence-electron chi connectivity index (χ0n) is 16.9. The van der Waals surface area contributed by atoms with Crippen molar-refractivity contribution in [2.45, 2.75) is 12.8 Å². The van der Waals surface area contributed by atoms with E-state index in [1.165, 1.54) is 19.5 Å². The van der Waals surface area contributed by atoms with Gasteiger partial charge in [-0.1, -0.05) is 23.2 Å². The van der Waals surface area contributed by atoms with E-state index in [-0.39, 0.29) is 27.6 Å². The number of amides is 2. The lowest BCUT2D eigenvalue weighted by atomic mass is 10.0. The van der Waals surface area contributed by atoms with Crippen LogP contribution in [0.3, 0.4) is 0 Å². The maximum absolute atomic E-state index is 13.2. The second-order valence-corrected chi connectivity index (χ2v) is 8.34. The molecule has 2 aromatic carbocycles. The van der Waals surface area contributed by atoms with Crippen LogP contribution < -0.4 is 15.4 Å². The highest BCUT2D eigenvalue weighted by molar-refractivity contribution is 6.40. The Morgan fingerprint density at radius 2 is 1.84 bits per heavy atom. The number of aromatic nitrogens is 1. The summed E-state index contributed by atoms with van der Waals surface area (Å²) in [6, 6.07) is 8.63. The van der Waals surface area contributed by atoms with Gasteiger partial charge < -0.3 is 19.8 Å². The lowest BCUT2D eigenvalue weighted by Gasteiger charge is -2.10. The van der Waals surface area contributed by atoms with Gasteiger partial charge in [-0.15, -0.1) is 0 Å². The molecular formula is C23H17Cl2N3O4. The van der Waals surface area contributed by atoms with Crippen LogP contribution in [0, 0.1) is 5.92 Å². The topological polar surface area (TPSA) is 93.5 Å². The molecule has 0 radical (unpaired) electrons. The van der Waals surface area contributed by atoms with Crippen LogP contribution in [0.1, 0.15) is 23.2 Å². The Bertz CT molecular complexity index is 1380. The molecule has 32 heavy (non-hydrogen) atoms. The van der Waals surface area contributed by atoms with Crippen molar-refractivity contribution < 1.29 is 18.7 Å². The van der Waals surface area contributed by atoms with E-state index in [0.29, 0.717) is 38.9 Å². The van der Waals surface area contributed by atoms with E-state index in [2.05, 4.69) is 15.6 Å². The molecule has 0 spiro atoms. The summed E-state index contributed by atoms with van der Waals surface area (Å²) in [5.41, 5.74) is 2.22. The number of fused-ring (bicyclic) bond motifs is 3. The first-order chi connectivity index (χ1) is 15.5. The normalized spacial score (nSPS) is 13.3. The van der Waals surface area contributed by atoms with Crippen molar-refractivity contribution in [1.29, 1.82) is 0 Å². The quantitative estimate of drug-likeness (QED) is 0.379. The lowest BCUT2D eigenvalue weighted by Crippen LogP contribution is -2.13. The molecule has 0 bridgehead atoms. The molecule has 4 aromatic rings. The van der Waals surface area contributed by atoms with Crippen LogP contribution in [0.5, 0.6) is 5.75 Å². The Labute approximate surface area is 192 Å². The summed E-state index contributed by atoms with van der Waals surface area (Å²) in [4.78, 5) is 29.3. The van der Waals surface area contributed by atoms with E-state index < -0.39 is 5.91 Å². The fourth-order valence-corrected chi connectivity index (χ4v) is 4.04. The maximum Gasteiger partial charge on any atom is 0.256 e. The monoisotopic (exact) mass is 469 g/mol. The minimum absolute atomic E-state index is 0.00494. The summed E-state index contributed by atoms with van der Waals surface area (Å²) in [5, 5.41) is 7.35. The van der Waals surface area contributed by atoms with Crippen LogP contribution in [0.25, 0.3) is 21.9 Å². The summed E-state index contributed by atoms with van der Waals surface area (Å²) in [5.74, 6) is 0.122. The van der Waals surface area contributed by atoms with Gasteiger partial charge in [-0.05, 0) is 43.2 Å². The number of nitrogens with zero attached hydrogens (tertiary/aromatic N) is 1. The number of ether oxygens (including phenoxy) is 1. The van der Waals surface area contributed by atoms with Gasteiger partial charge in [-0.25, -0.2) is 0 Å². The van der Waals surface area contributed by atoms with E-state index >= 15 is 0 Å². The van der Waals surface area contributed by atoms with Gasteiger partial charge in [0.25, 0.3) is 5.91 Å². The number of furan rings is 1. The number of carbonyl (C=O) groups is 2. The number of pyridine rings is 1. The average molecular weight is 470 g/mol. The Balaban J connectivity index is 1.62. The first kappa shape index (κ1) is 20.6. The zero-order valence-corrected chi connectivity index (χ0v) is 18.4. The average Bonchev–Trinajstić information content (AvgIpc) is 3.57. The van der Waals surface area contributed by atoms with Crippen molar-refractivity contribution in [1.82, 2.24) is 4.98 Å². The number of hydrogen-bond acceptors (Lipinski definition) is 5. The van der Waals surface area contributed by atoms with Gasteiger partial charge in [-0.2, -0.15) is 0 Å². The van der Waals surface area contributed by atoms with Crippen LogP contribution in [-0.4, -0.2) is 23.9 Å². The number of carbonyl (C=O) groups excluding carboxylic acids is 2. The van der Waals surface area contributed by atoms with Crippen molar-refractivity contribution >= 4 is 68.3 Å². The molecule has 2 amide bonds. The third-order valence-electron chi connectivity index (χ3n) is 5.35. The summed E-state index contributed by atoms with van der Waals surface area (Å²) >= 11 is 12.3. The molecule has 2 N–H and O–H groups in total. The van der Waals surface area contributed by atoms with Crippen LogP contribution in [0.2, 0.25) is 10.0 Å². The number of anilines is 2. The number of halogens is 2. The predicted molar refractivity (Wildman–Crippen MR) is 124 cm³/mol. The summed E-state index contributed by atoms with van der Waals surface area (Å²) < 4.78 is 11.4. The highest BCUT2D eigenvalue weighted by atomic mass is 35.5. The molecule has 0 unspecified atom stereocenters. The Hall–Kier alpha value is -3.29. The molecule has 1 aliphatic carbocycles. The Morgan fingerprint density at radius 1 is 1.09 bits per heavy atom. The summed E-state index contributed by atoms with van der Waals surface area (Å²) in [6.07, 6.45) is 4.61. The number of nitrogens with one attached hydrogen (secondary N) is 2. The van der Waals surface area contributed by atoms with Crippen LogP contribution in [0.4, 0.5) is 11.4 Å². The van der Waals surface area contributed by atoms with Gasteiger partial charge in [0.1, 0.15) is 5.58 Å². The van der Waals surface area contributed by atoms with Crippen molar-refractivity contribution in [3.63, 3.8) is 0 Å². The molecule has 9 heteroatoms. The van der Waals surface area contributed by atoms with Gasteiger partial charge in [0.05, 0.1) is 28.4 Å². The van der Waals surface area contributed by atoms with E-state index in [1.54, 1.807) is 30.3 Å². The van der Waals surface area contributed by atoms with Crippen molar-refractivity contribution in [2.75, 3.05) is 17.7 Å². The van der Waals surface area contributed by atoms with Crippen LogP contribution in [-0.2, 0) is 4.79 Å². The second-order valence-electron chi connectivity index (χ2n) is 7.53. The minimum Gasteiger partial charge on any atom is -0.493 e. The molecule has 0 saturated heterocycles. The molecule has 1 fully saturated rings. The van der Waals surface area contributed by atoms with E-state index in [4.69, 9.17) is 32.4 Å². The highest BCUT2D eigenvalue weighted by Gasteiger charge is 2.29. The van der Waals surface area contributed by atoms with Crippen molar-refractivity contribution in [3.05, 3.63) is 58.3 Å².